The zero-order valence-electron chi connectivity index (χ0n) is 11.6. The molecule has 0 saturated carbocycles. The molecule has 0 atom stereocenters. The molecule has 1 aromatic heterocycles. The second kappa shape index (κ2) is 4.53. The SMILES string of the molecule is C=CC(=O)n1c2ccccc2c2cc(N(C)C)ccc21. The number of carbonyl (C=O) groups is 1. The van der Waals surface area contributed by atoms with Gasteiger partial charge in [0, 0.05) is 30.6 Å². The van der Waals surface area contributed by atoms with E-state index in [1.54, 1.807) is 4.57 Å². The van der Waals surface area contributed by atoms with Gasteiger partial charge in [0.2, 0.25) is 0 Å². The predicted molar refractivity (Wildman–Crippen MR) is 84.6 cm³/mol. The first-order valence-electron chi connectivity index (χ1n) is 6.51. The molecule has 0 fully saturated rings. The molecular formula is C17H16N2O. The number of benzene rings is 2. The van der Waals surface area contributed by atoms with E-state index in [0.717, 1.165) is 27.5 Å². The minimum Gasteiger partial charge on any atom is -0.378 e. The van der Waals surface area contributed by atoms with Crippen LogP contribution >= 0.6 is 0 Å². The van der Waals surface area contributed by atoms with Gasteiger partial charge in [-0.1, -0.05) is 24.8 Å². The maximum atomic E-state index is 12.2. The van der Waals surface area contributed by atoms with Crippen LogP contribution in [0.1, 0.15) is 4.79 Å². The van der Waals surface area contributed by atoms with E-state index in [2.05, 4.69) is 17.5 Å². The number of nitrogens with zero attached hydrogens (tertiary/aromatic N) is 2. The van der Waals surface area contributed by atoms with Crippen LogP contribution in [-0.4, -0.2) is 24.6 Å². The standard InChI is InChI=1S/C17H16N2O/c1-4-17(20)19-15-8-6-5-7-13(15)14-11-12(18(2)3)9-10-16(14)19/h4-11H,1H2,2-3H3. The Morgan fingerprint density at radius 3 is 2.50 bits per heavy atom. The smallest absolute Gasteiger partial charge is 0.254 e. The Morgan fingerprint density at radius 2 is 1.80 bits per heavy atom. The first-order chi connectivity index (χ1) is 9.63. The topological polar surface area (TPSA) is 25.2 Å². The molecule has 3 nitrogen and oxygen atoms in total. The molecule has 0 radical (unpaired) electrons. The quantitative estimate of drug-likeness (QED) is 0.660. The van der Waals surface area contributed by atoms with Crippen molar-refractivity contribution in [1.29, 1.82) is 0 Å². The van der Waals surface area contributed by atoms with E-state index in [1.807, 2.05) is 50.5 Å². The highest BCUT2D eigenvalue weighted by atomic mass is 16.1. The van der Waals surface area contributed by atoms with Gasteiger partial charge in [0.05, 0.1) is 11.0 Å². The Morgan fingerprint density at radius 1 is 1.10 bits per heavy atom. The van der Waals surface area contributed by atoms with Crippen molar-refractivity contribution in [3.8, 4) is 0 Å². The highest BCUT2D eigenvalue weighted by Crippen LogP contribution is 2.31. The molecule has 20 heavy (non-hydrogen) atoms. The summed E-state index contributed by atoms with van der Waals surface area (Å²) in [7, 11) is 4.02. The summed E-state index contributed by atoms with van der Waals surface area (Å²) < 4.78 is 1.72. The summed E-state index contributed by atoms with van der Waals surface area (Å²) in [4.78, 5) is 14.2. The fourth-order valence-electron chi connectivity index (χ4n) is 2.57. The average molecular weight is 264 g/mol. The van der Waals surface area contributed by atoms with E-state index in [4.69, 9.17) is 0 Å². The van der Waals surface area contributed by atoms with E-state index in [1.165, 1.54) is 6.08 Å². The van der Waals surface area contributed by atoms with Crippen LogP contribution < -0.4 is 4.90 Å². The molecular weight excluding hydrogens is 248 g/mol. The summed E-state index contributed by atoms with van der Waals surface area (Å²) in [6.45, 7) is 3.60. The summed E-state index contributed by atoms with van der Waals surface area (Å²) >= 11 is 0. The minimum absolute atomic E-state index is 0.103. The lowest BCUT2D eigenvalue weighted by molar-refractivity contribution is 0.0978. The molecule has 3 aromatic rings. The molecule has 3 rings (SSSR count). The van der Waals surface area contributed by atoms with Crippen LogP contribution in [0.25, 0.3) is 21.8 Å². The number of fused-ring (bicyclic) bond motifs is 3. The number of rotatable bonds is 2. The van der Waals surface area contributed by atoms with E-state index in [0.29, 0.717) is 0 Å². The molecule has 0 aliphatic carbocycles. The molecule has 0 aliphatic rings. The van der Waals surface area contributed by atoms with Gasteiger partial charge < -0.3 is 4.90 Å². The van der Waals surface area contributed by atoms with E-state index < -0.39 is 0 Å². The van der Waals surface area contributed by atoms with Gasteiger partial charge in [0.15, 0.2) is 0 Å². The molecule has 0 spiro atoms. The molecule has 0 bridgehead atoms. The van der Waals surface area contributed by atoms with Crippen LogP contribution in [0.15, 0.2) is 55.1 Å². The summed E-state index contributed by atoms with van der Waals surface area (Å²) in [6, 6.07) is 14.1. The van der Waals surface area contributed by atoms with E-state index >= 15 is 0 Å². The predicted octanol–water partition coefficient (Wildman–Crippen LogP) is 3.69. The Hall–Kier alpha value is -2.55. The van der Waals surface area contributed by atoms with E-state index in [-0.39, 0.29) is 5.91 Å². The van der Waals surface area contributed by atoms with Crippen LogP contribution in [0.2, 0.25) is 0 Å². The number of aromatic nitrogens is 1. The maximum Gasteiger partial charge on any atom is 0.254 e. The number of anilines is 1. The van der Waals surface area contributed by atoms with Gasteiger partial charge in [-0.2, -0.15) is 0 Å². The number of hydrogen-bond acceptors (Lipinski definition) is 2. The van der Waals surface area contributed by atoms with Crippen LogP contribution in [-0.2, 0) is 0 Å². The third kappa shape index (κ3) is 1.71. The number of allylic oxidation sites excluding steroid dienone is 1. The van der Waals surface area contributed by atoms with E-state index in [9.17, 15) is 4.79 Å². The van der Waals surface area contributed by atoms with Crippen LogP contribution in [0.4, 0.5) is 5.69 Å². The average Bonchev–Trinajstić information content (AvgIpc) is 2.80. The van der Waals surface area contributed by atoms with Gasteiger partial charge in [0.1, 0.15) is 0 Å². The Labute approximate surface area is 117 Å². The summed E-state index contributed by atoms with van der Waals surface area (Å²) in [6.07, 6.45) is 1.35. The van der Waals surface area contributed by atoms with Gasteiger partial charge in [-0.15, -0.1) is 0 Å². The van der Waals surface area contributed by atoms with Gasteiger partial charge in [-0.3, -0.25) is 9.36 Å². The van der Waals surface area contributed by atoms with Crippen molar-refractivity contribution in [3.63, 3.8) is 0 Å². The molecule has 0 N–H and O–H groups in total. The second-order valence-corrected chi connectivity index (χ2v) is 4.99. The molecule has 1 heterocycles. The van der Waals surface area contributed by atoms with Crippen molar-refractivity contribution in [2.75, 3.05) is 19.0 Å². The van der Waals surface area contributed by atoms with Crippen molar-refractivity contribution < 1.29 is 4.79 Å². The molecule has 100 valence electrons. The number of para-hydroxylation sites is 1. The summed E-state index contributed by atoms with van der Waals surface area (Å²) in [5.41, 5.74) is 2.96. The summed E-state index contributed by atoms with van der Waals surface area (Å²) in [5, 5.41) is 2.17. The lowest BCUT2D eigenvalue weighted by atomic mass is 10.1. The van der Waals surface area contributed by atoms with Crippen LogP contribution in [0.3, 0.4) is 0 Å². The molecule has 0 unspecified atom stereocenters. The van der Waals surface area contributed by atoms with Crippen molar-refractivity contribution in [2.45, 2.75) is 0 Å². The lowest BCUT2D eigenvalue weighted by Gasteiger charge is -2.12. The molecule has 0 saturated heterocycles. The number of carbonyl (C=O) groups excluding carboxylic acids is 1. The summed E-state index contributed by atoms with van der Waals surface area (Å²) in [5.74, 6) is -0.103. The molecule has 3 heteroatoms. The first kappa shape index (κ1) is 12.5. The molecule has 0 aliphatic heterocycles. The van der Waals surface area contributed by atoms with Crippen molar-refractivity contribution >= 4 is 33.4 Å². The monoisotopic (exact) mass is 264 g/mol. The zero-order chi connectivity index (χ0) is 14.3. The number of hydrogen-bond donors (Lipinski definition) is 0. The third-order valence-corrected chi connectivity index (χ3v) is 3.57. The minimum atomic E-state index is -0.103. The highest BCUT2D eigenvalue weighted by Gasteiger charge is 2.14. The lowest BCUT2D eigenvalue weighted by Crippen LogP contribution is -2.09. The highest BCUT2D eigenvalue weighted by molar-refractivity contribution is 6.15. The van der Waals surface area contributed by atoms with Crippen LogP contribution in [0.5, 0.6) is 0 Å². The third-order valence-electron chi connectivity index (χ3n) is 3.57. The van der Waals surface area contributed by atoms with Gasteiger partial charge in [0.25, 0.3) is 5.91 Å². The van der Waals surface area contributed by atoms with Crippen molar-refractivity contribution in [3.05, 3.63) is 55.1 Å². The van der Waals surface area contributed by atoms with Crippen molar-refractivity contribution in [1.82, 2.24) is 4.57 Å². The normalized spacial score (nSPS) is 10.9. The van der Waals surface area contributed by atoms with Gasteiger partial charge in [-0.05, 0) is 30.3 Å². The molecule has 0 amide bonds. The first-order valence-corrected chi connectivity index (χ1v) is 6.51. The Bertz CT molecular complexity index is 827. The zero-order valence-corrected chi connectivity index (χ0v) is 11.6. The molecule has 2 aromatic carbocycles. The van der Waals surface area contributed by atoms with Gasteiger partial charge >= 0.3 is 0 Å². The second-order valence-electron chi connectivity index (χ2n) is 4.99. The van der Waals surface area contributed by atoms with Gasteiger partial charge in [-0.25, -0.2) is 0 Å². The maximum absolute atomic E-state index is 12.2. The fourth-order valence-corrected chi connectivity index (χ4v) is 2.57. The Balaban J connectivity index is 2.47. The fraction of sp³-hybridized carbons (Fsp3) is 0.118. The largest absolute Gasteiger partial charge is 0.378 e. The van der Waals surface area contributed by atoms with Crippen LogP contribution in [0, 0.1) is 0 Å². The van der Waals surface area contributed by atoms with Crippen molar-refractivity contribution in [2.24, 2.45) is 0 Å². The Kier molecular flexibility index (Phi) is 2.83.